The first-order chi connectivity index (χ1) is 8.09. The molecule has 0 aliphatic rings. The molecule has 4 N–H and O–H groups in total. The first-order valence-corrected chi connectivity index (χ1v) is 5.11. The summed E-state index contributed by atoms with van der Waals surface area (Å²) in [5.74, 6) is 0.0652. The number of nitrogens with zero attached hydrogens (tertiary/aromatic N) is 3. The van der Waals surface area contributed by atoms with Crippen LogP contribution in [0, 0.1) is 0 Å². The summed E-state index contributed by atoms with van der Waals surface area (Å²) in [6.07, 6.45) is 4.46. The molecule has 0 radical (unpaired) electrons. The van der Waals surface area contributed by atoms with Crippen LogP contribution in [0.1, 0.15) is 16.1 Å². The third kappa shape index (κ3) is 2.16. The number of anilines is 1. The molecule has 0 fully saturated rings. The molecule has 0 saturated heterocycles. The highest BCUT2D eigenvalue weighted by molar-refractivity contribution is 7.80. The van der Waals surface area contributed by atoms with Crippen LogP contribution in [0.4, 0.5) is 5.82 Å². The summed E-state index contributed by atoms with van der Waals surface area (Å²) in [6.45, 7) is 0. The number of nitrogens with two attached hydrogens (primary N) is 1. The van der Waals surface area contributed by atoms with E-state index in [0.717, 1.165) is 0 Å². The van der Waals surface area contributed by atoms with E-state index in [1.165, 1.54) is 18.7 Å². The van der Waals surface area contributed by atoms with E-state index in [0.29, 0.717) is 17.1 Å². The summed E-state index contributed by atoms with van der Waals surface area (Å²) in [5.41, 5.74) is 6.41. The molecule has 2 heterocycles. The van der Waals surface area contributed by atoms with Crippen LogP contribution >= 0.6 is 12.2 Å². The molecule has 0 atom stereocenters. The van der Waals surface area contributed by atoms with Gasteiger partial charge in [-0.05, 0) is 0 Å². The van der Waals surface area contributed by atoms with Gasteiger partial charge >= 0.3 is 0 Å². The standard InChI is InChI=1S/C9H10N6OS/c1-15-4-11-3-6(15)9(16)13-8-5(7(10)17)2-12-14-8/h2-4H,1H3,(H2,10,17)(H2,12,13,14,16). The summed E-state index contributed by atoms with van der Waals surface area (Å²) in [5, 5.41) is 9.02. The maximum Gasteiger partial charge on any atom is 0.275 e. The van der Waals surface area contributed by atoms with E-state index in [-0.39, 0.29) is 10.9 Å². The number of hydrogen-bond acceptors (Lipinski definition) is 4. The van der Waals surface area contributed by atoms with Crippen LogP contribution in [-0.4, -0.2) is 30.6 Å². The van der Waals surface area contributed by atoms with Crippen LogP contribution in [0.25, 0.3) is 0 Å². The lowest BCUT2D eigenvalue weighted by molar-refractivity contribution is 0.101. The third-order valence-electron chi connectivity index (χ3n) is 2.19. The topological polar surface area (TPSA) is 102 Å². The van der Waals surface area contributed by atoms with Gasteiger partial charge in [0.25, 0.3) is 5.91 Å². The Kier molecular flexibility index (Phi) is 2.88. The Balaban J connectivity index is 2.22. The molecule has 0 saturated carbocycles. The molecule has 7 nitrogen and oxygen atoms in total. The van der Waals surface area contributed by atoms with Crippen molar-refractivity contribution in [3.8, 4) is 0 Å². The minimum Gasteiger partial charge on any atom is -0.389 e. The van der Waals surface area contributed by atoms with Crippen LogP contribution in [0.5, 0.6) is 0 Å². The van der Waals surface area contributed by atoms with Crippen molar-refractivity contribution in [2.24, 2.45) is 12.8 Å². The Labute approximate surface area is 102 Å². The van der Waals surface area contributed by atoms with Crippen LogP contribution in [0.15, 0.2) is 18.7 Å². The van der Waals surface area contributed by atoms with Crippen molar-refractivity contribution < 1.29 is 4.79 Å². The zero-order valence-electron chi connectivity index (χ0n) is 8.97. The van der Waals surface area contributed by atoms with Gasteiger partial charge in [-0.2, -0.15) is 5.10 Å². The van der Waals surface area contributed by atoms with Gasteiger partial charge in [-0.25, -0.2) is 4.98 Å². The fourth-order valence-corrected chi connectivity index (χ4v) is 1.48. The van der Waals surface area contributed by atoms with E-state index >= 15 is 0 Å². The van der Waals surface area contributed by atoms with E-state index in [1.807, 2.05) is 0 Å². The second kappa shape index (κ2) is 4.34. The number of amides is 1. The predicted molar refractivity (Wildman–Crippen MR) is 65.6 cm³/mol. The van der Waals surface area contributed by atoms with Gasteiger partial charge in [0.05, 0.1) is 24.3 Å². The summed E-state index contributed by atoms with van der Waals surface area (Å²) >= 11 is 4.83. The van der Waals surface area contributed by atoms with E-state index < -0.39 is 0 Å². The number of carbonyl (C=O) groups is 1. The predicted octanol–water partition coefficient (Wildman–Crippen LogP) is 0.0297. The number of thiocarbonyl (C=S) groups is 1. The monoisotopic (exact) mass is 250 g/mol. The van der Waals surface area contributed by atoms with Crippen molar-refractivity contribution in [2.75, 3.05) is 5.32 Å². The number of imidazole rings is 1. The smallest absolute Gasteiger partial charge is 0.275 e. The van der Waals surface area contributed by atoms with E-state index in [4.69, 9.17) is 18.0 Å². The molecule has 2 aromatic rings. The van der Waals surface area contributed by atoms with Crippen LogP contribution in [0.2, 0.25) is 0 Å². The Morgan fingerprint density at radius 3 is 2.94 bits per heavy atom. The first-order valence-electron chi connectivity index (χ1n) is 4.70. The normalized spacial score (nSPS) is 10.2. The number of nitrogens with one attached hydrogen (secondary N) is 2. The largest absolute Gasteiger partial charge is 0.389 e. The van der Waals surface area contributed by atoms with Gasteiger partial charge in [0.1, 0.15) is 16.5 Å². The van der Waals surface area contributed by atoms with Crippen molar-refractivity contribution in [3.63, 3.8) is 0 Å². The zero-order chi connectivity index (χ0) is 12.4. The van der Waals surface area contributed by atoms with Gasteiger partial charge in [0, 0.05) is 7.05 Å². The second-order valence-electron chi connectivity index (χ2n) is 3.37. The number of H-pyrrole nitrogens is 1. The minimum absolute atomic E-state index is 0.166. The van der Waals surface area contributed by atoms with Gasteiger partial charge in [-0.15, -0.1) is 0 Å². The molecule has 0 spiro atoms. The number of aryl methyl sites for hydroxylation is 1. The van der Waals surface area contributed by atoms with E-state index in [1.54, 1.807) is 11.6 Å². The molecule has 8 heteroatoms. The maximum atomic E-state index is 11.9. The fraction of sp³-hybridized carbons (Fsp3) is 0.111. The highest BCUT2D eigenvalue weighted by atomic mass is 32.1. The quantitative estimate of drug-likeness (QED) is 0.667. The van der Waals surface area contributed by atoms with Gasteiger partial charge in [0.15, 0.2) is 0 Å². The van der Waals surface area contributed by atoms with Crippen molar-refractivity contribution in [3.05, 3.63) is 30.0 Å². The molecule has 0 bridgehead atoms. The number of hydrogen-bond donors (Lipinski definition) is 3. The Bertz CT molecular complexity index is 572. The lowest BCUT2D eigenvalue weighted by atomic mass is 10.3. The minimum atomic E-state index is -0.313. The van der Waals surface area contributed by atoms with Crippen molar-refractivity contribution in [1.82, 2.24) is 19.7 Å². The van der Waals surface area contributed by atoms with Gasteiger partial charge in [0.2, 0.25) is 0 Å². The Hall–Kier alpha value is -2.22. The van der Waals surface area contributed by atoms with Crippen LogP contribution in [0.3, 0.4) is 0 Å². The van der Waals surface area contributed by atoms with Crippen LogP contribution in [-0.2, 0) is 7.05 Å². The molecular weight excluding hydrogens is 240 g/mol. The Morgan fingerprint density at radius 1 is 1.59 bits per heavy atom. The molecule has 2 rings (SSSR count). The molecular formula is C9H10N6OS. The van der Waals surface area contributed by atoms with Gasteiger partial charge in [-0.1, -0.05) is 12.2 Å². The summed E-state index contributed by atoms with van der Waals surface area (Å²) in [4.78, 5) is 15.9. The lowest BCUT2D eigenvalue weighted by Gasteiger charge is -2.04. The number of aromatic nitrogens is 4. The molecule has 0 aliphatic heterocycles. The van der Waals surface area contributed by atoms with Gasteiger partial charge in [-0.3, -0.25) is 9.89 Å². The highest BCUT2D eigenvalue weighted by Gasteiger charge is 2.14. The lowest BCUT2D eigenvalue weighted by Crippen LogP contribution is -2.18. The van der Waals surface area contributed by atoms with Gasteiger partial charge < -0.3 is 15.6 Å². The molecule has 88 valence electrons. The number of carbonyl (C=O) groups excluding carboxylic acids is 1. The van der Waals surface area contributed by atoms with Crippen molar-refractivity contribution in [2.45, 2.75) is 0 Å². The van der Waals surface area contributed by atoms with Crippen molar-refractivity contribution >= 4 is 28.9 Å². The van der Waals surface area contributed by atoms with Crippen molar-refractivity contribution in [1.29, 1.82) is 0 Å². The maximum absolute atomic E-state index is 11.9. The third-order valence-corrected chi connectivity index (χ3v) is 2.41. The summed E-state index contributed by atoms with van der Waals surface area (Å²) in [6, 6.07) is 0. The molecule has 2 aromatic heterocycles. The van der Waals surface area contributed by atoms with E-state index in [9.17, 15) is 4.79 Å². The number of aromatic amines is 1. The first kappa shape index (κ1) is 11.3. The zero-order valence-corrected chi connectivity index (χ0v) is 9.78. The molecule has 1 amide bonds. The average molecular weight is 250 g/mol. The molecule has 17 heavy (non-hydrogen) atoms. The second-order valence-corrected chi connectivity index (χ2v) is 3.81. The fourth-order valence-electron chi connectivity index (χ4n) is 1.32. The number of rotatable bonds is 3. The Morgan fingerprint density at radius 2 is 2.35 bits per heavy atom. The highest BCUT2D eigenvalue weighted by Crippen LogP contribution is 2.11. The molecule has 0 aromatic carbocycles. The average Bonchev–Trinajstić information content (AvgIpc) is 2.86. The summed E-state index contributed by atoms with van der Waals surface area (Å²) in [7, 11) is 1.73. The van der Waals surface area contributed by atoms with Crippen LogP contribution < -0.4 is 11.1 Å². The molecule has 0 aliphatic carbocycles. The SMILES string of the molecule is Cn1cncc1C(=O)Nc1[nH]ncc1C(N)=S. The molecule has 0 unspecified atom stereocenters. The van der Waals surface area contributed by atoms with E-state index in [2.05, 4.69) is 20.5 Å². The summed E-state index contributed by atoms with van der Waals surface area (Å²) < 4.78 is 1.60.